The molecule has 78 valence electrons. The standard InChI is InChI=1S/C11H13N3O/c1-8(15)14(2)6-9-3-4-10-11(5-9)13-7-12-10/h3-5,7H,6H2,1-2H3,(H,12,13). The van der Waals surface area contributed by atoms with Gasteiger partial charge in [-0.25, -0.2) is 4.98 Å². The first-order chi connectivity index (χ1) is 7.16. The van der Waals surface area contributed by atoms with E-state index in [1.165, 1.54) is 0 Å². The highest BCUT2D eigenvalue weighted by atomic mass is 16.2. The second-order valence-electron chi connectivity index (χ2n) is 3.63. The van der Waals surface area contributed by atoms with Gasteiger partial charge in [0.2, 0.25) is 5.91 Å². The maximum absolute atomic E-state index is 11.1. The van der Waals surface area contributed by atoms with Crippen LogP contribution in [0.15, 0.2) is 24.5 Å². The molecule has 2 rings (SSSR count). The van der Waals surface area contributed by atoms with E-state index in [0.717, 1.165) is 16.6 Å². The molecular weight excluding hydrogens is 190 g/mol. The highest BCUT2D eigenvalue weighted by molar-refractivity contribution is 5.76. The monoisotopic (exact) mass is 203 g/mol. The molecule has 1 aromatic carbocycles. The summed E-state index contributed by atoms with van der Waals surface area (Å²) < 4.78 is 0. The predicted octanol–water partition coefficient (Wildman–Crippen LogP) is 1.54. The van der Waals surface area contributed by atoms with Gasteiger partial charge in [0, 0.05) is 20.5 Å². The fourth-order valence-electron chi connectivity index (χ4n) is 1.47. The molecule has 1 heterocycles. The fraction of sp³-hybridized carbons (Fsp3) is 0.273. The lowest BCUT2D eigenvalue weighted by Crippen LogP contribution is -2.22. The van der Waals surface area contributed by atoms with E-state index in [4.69, 9.17) is 0 Å². The van der Waals surface area contributed by atoms with E-state index in [9.17, 15) is 4.79 Å². The van der Waals surface area contributed by atoms with Gasteiger partial charge in [0.05, 0.1) is 17.4 Å². The average molecular weight is 203 g/mol. The molecule has 0 unspecified atom stereocenters. The van der Waals surface area contributed by atoms with Gasteiger partial charge in [-0.2, -0.15) is 0 Å². The summed E-state index contributed by atoms with van der Waals surface area (Å²) in [6.07, 6.45) is 1.67. The molecule has 4 nitrogen and oxygen atoms in total. The molecule has 0 spiro atoms. The number of hydrogen-bond donors (Lipinski definition) is 1. The summed E-state index contributed by atoms with van der Waals surface area (Å²) in [5.74, 6) is 0.0692. The summed E-state index contributed by atoms with van der Waals surface area (Å²) >= 11 is 0. The number of nitrogens with zero attached hydrogens (tertiary/aromatic N) is 2. The maximum atomic E-state index is 11.1. The highest BCUT2D eigenvalue weighted by Gasteiger charge is 2.04. The van der Waals surface area contributed by atoms with Crippen molar-refractivity contribution < 1.29 is 4.79 Å². The number of carbonyl (C=O) groups is 1. The average Bonchev–Trinajstić information content (AvgIpc) is 2.64. The predicted molar refractivity (Wildman–Crippen MR) is 58.2 cm³/mol. The number of aromatic amines is 1. The molecule has 0 saturated heterocycles. The van der Waals surface area contributed by atoms with Crippen molar-refractivity contribution in [3.8, 4) is 0 Å². The van der Waals surface area contributed by atoms with Crippen LogP contribution in [0.3, 0.4) is 0 Å². The summed E-state index contributed by atoms with van der Waals surface area (Å²) in [6, 6.07) is 5.96. The number of carbonyl (C=O) groups excluding carboxylic acids is 1. The first-order valence-electron chi connectivity index (χ1n) is 4.80. The van der Waals surface area contributed by atoms with Gasteiger partial charge in [-0.3, -0.25) is 4.79 Å². The Morgan fingerprint density at radius 3 is 3.07 bits per heavy atom. The molecule has 0 bridgehead atoms. The van der Waals surface area contributed by atoms with E-state index < -0.39 is 0 Å². The Morgan fingerprint density at radius 2 is 2.33 bits per heavy atom. The molecule has 1 N–H and O–H groups in total. The minimum absolute atomic E-state index is 0.0692. The summed E-state index contributed by atoms with van der Waals surface area (Å²) in [5, 5.41) is 0. The SMILES string of the molecule is CC(=O)N(C)Cc1ccc2nc[nH]c2c1. The molecule has 1 aromatic heterocycles. The van der Waals surface area contributed by atoms with Crippen molar-refractivity contribution in [1.29, 1.82) is 0 Å². The molecular formula is C11H13N3O. The van der Waals surface area contributed by atoms with Crippen LogP contribution < -0.4 is 0 Å². The van der Waals surface area contributed by atoms with Gasteiger partial charge >= 0.3 is 0 Å². The number of rotatable bonds is 2. The number of imidazole rings is 1. The Balaban J connectivity index is 2.24. The third kappa shape index (κ3) is 1.98. The number of fused-ring (bicyclic) bond motifs is 1. The van der Waals surface area contributed by atoms with Crippen LogP contribution >= 0.6 is 0 Å². The smallest absolute Gasteiger partial charge is 0.219 e. The van der Waals surface area contributed by atoms with Crippen molar-refractivity contribution >= 4 is 16.9 Å². The van der Waals surface area contributed by atoms with Crippen LogP contribution in [0.1, 0.15) is 12.5 Å². The lowest BCUT2D eigenvalue weighted by atomic mass is 10.2. The Morgan fingerprint density at radius 1 is 1.53 bits per heavy atom. The lowest BCUT2D eigenvalue weighted by molar-refractivity contribution is -0.128. The molecule has 0 radical (unpaired) electrons. The zero-order valence-electron chi connectivity index (χ0n) is 8.82. The van der Waals surface area contributed by atoms with Crippen LogP contribution in [0.5, 0.6) is 0 Å². The Labute approximate surface area is 87.9 Å². The second-order valence-corrected chi connectivity index (χ2v) is 3.63. The van der Waals surface area contributed by atoms with Crippen molar-refractivity contribution in [1.82, 2.24) is 14.9 Å². The largest absolute Gasteiger partial charge is 0.345 e. The molecule has 0 aliphatic carbocycles. The maximum Gasteiger partial charge on any atom is 0.219 e. The summed E-state index contributed by atoms with van der Waals surface area (Å²) in [6.45, 7) is 2.19. The number of H-pyrrole nitrogens is 1. The van der Waals surface area contributed by atoms with Gasteiger partial charge in [-0.15, -0.1) is 0 Å². The molecule has 2 aromatic rings. The van der Waals surface area contributed by atoms with Crippen LogP contribution in [0.2, 0.25) is 0 Å². The van der Waals surface area contributed by atoms with E-state index in [0.29, 0.717) is 6.54 Å². The third-order valence-corrected chi connectivity index (χ3v) is 2.44. The summed E-state index contributed by atoms with van der Waals surface area (Å²) in [7, 11) is 1.79. The minimum atomic E-state index is 0.0692. The van der Waals surface area contributed by atoms with Gasteiger partial charge in [-0.1, -0.05) is 6.07 Å². The number of nitrogens with one attached hydrogen (secondary N) is 1. The molecule has 0 aliphatic rings. The summed E-state index contributed by atoms with van der Waals surface area (Å²) in [5.41, 5.74) is 3.05. The van der Waals surface area contributed by atoms with Crippen LogP contribution in [-0.2, 0) is 11.3 Å². The molecule has 1 amide bonds. The number of amides is 1. The van der Waals surface area contributed by atoms with Gasteiger partial charge in [0.15, 0.2) is 0 Å². The number of benzene rings is 1. The topological polar surface area (TPSA) is 49.0 Å². The molecule has 4 heteroatoms. The van der Waals surface area contributed by atoms with E-state index in [1.54, 1.807) is 25.2 Å². The van der Waals surface area contributed by atoms with Crippen molar-refractivity contribution in [3.63, 3.8) is 0 Å². The molecule has 0 fully saturated rings. The fourth-order valence-corrected chi connectivity index (χ4v) is 1.47. The number of hydrogen-bond acceptors (Lipinski definition) is 2. The van der Waals surface area contributed by atoms with Gasteiger partial charge in [0.25, 0.3) is 0 Å². The van der Waals surface area contributed by atoms with Crippen LogP contribution in [-0.4, -0.2) is 27.8 Å². The first kappa shape index (κ1) is 9.71. The van der Waals surface area contributed by atoms with Crippen molar-refractivity contribution in [2.24, 2.45) is 0 Å². The molecule has 15 heavy (non-hydrogen) atoms. The van der Waals surface area contributed by atoms with E-state index in [-0.39, 0.29) is 5.91 Å². The van der Waals surface area contributed by atoms with Crippen LogP contribution in [0.25, 0.3) is 11.0 Å². The Hall–Kier alpha value is -1.84. The molecule has 0 saturated carbocycles. The summed E-state index contributed by atoms with van der Waals surface area (Å²) in [4.78, 5) is 19.9. The third-order valence-electron chi connectivity index (χ3n) is 2.44. The van der Waals surface area contributed by atoms with Gasteiger partial charge < -0.3 is 9.88 Å². The van der Waals surface area contributed by atoms with E-state index in [2.05, 4.69) is 9.97 Å². The zero-order chi connectivity index (χ0) is 10.8. The second kappa shape index (κ2) is 3.73. The van der Waals surface area contributed by atoms with Crippen LogP contribution in [0.4, 0.5) is 0 Å². The Bertz CT molecular complexity index is 489. The number of aromatic nitrogens is 2. The molecule has 0 aliphatic heterocycles. The minimum Gasteiger partial charge on any atom is -0.345 e. The van der Waals surface area contributed by atoms with E-state index in [1.807, 2.05) is 18.2 Å². The van der Waals surface area contributed by atoms with E-state index >= 15 is 0 Å². The van der Waals surface area contributed by atoms with Crippen molar-refractivity contribution in [2.75, 3.05) is 7.05 Å². The highest BCUT2D eigenvalue weighted by Crippen LogP contribution is 2.12. The first-order valence-corrected chi connectivity index (χ1v) is 4.80. The zero-order valence-corrected chi connectivity index (χ0v) is 8.82. The molecule has 0 atom stereocenters. The van der Waals surface area contributed by atoms with Crippen molar-refractivity contribution in [2.45, 2.75) is 13.5 Å². The normalized spacial score (nSPS) is 10.5. The Kier molecular flexibility index (Phi) is 2.41. The van der Waals surface area contributed by atoms with Gasteiger partial charge in [0.1, 0.15) is 0 Å². The quantitative estimate of drug-likeness (QED) is 0.804. The van der Waals surface area contributed by atoms with Gasteiger partial charge in [-0.05, 0) is 17.7 Å². The lowest BCUT2D eigenvalue weighted by Gasteiger charge is -2.14. The van der Waals surface area contributed by atoms with Crippen LogP contribution in [0, 0.1) is 0 Å². The van der Waals surface area contributed by atoms with Crippen molar-refractivity contribution in [3.05, 3.63) is 30.1 Å².